The van der Waals surface area contributed by atoms with Crippen molar-refractivity contribution in [1.29, 1.82) is 0 Å². The first-order chi connectivity index (χ1) is 8.90. The van der Waals surface area contributed by atoms with Gasteiger partial charge in [0.1, 0.15) is 4.90 Å². The van der Waals surface area contributed by atoms with E-state index < -0.39 is 10.0 Å². The minimum Gasteiger partial charge on any atom is -0.383 e. The number of ether oxygens (including phenoxy) is 1. The van der Waals surface area contributed by atoms with E-state index in [1.807, 2.05) is 0 Å². The second-order valence-corrected chi connectivity index (χ2v) is 7.21. The Morgan fingerprint density at radius 1 is 1.47 bits per heavy atom. The summed E-state index contributed by atoms with van der Waals surface area (Å²) < 4.78 is 32.6. The number of methoxy groups -OCH3 is 1. The second kappa shape index (κ2) is 7.81. The fourth-order valence-corrected chi connectivity index (χ4v) is 4.04. The third-order valence-corrected chi connectivity index (χ3v) is 5.05. The Bertz CT molecular complexity index is 519. The van der Waals surface area contributed by atoms with Crippen LogP contribution in [0.1, 0.15) is 6.42 Å². The number of benzene rings is 1. The Kier molecular flexibility index (Phi) is 7.07. The number of hydrogen-bond donors (Lipinski definition) is 1. The molecule has 1 aromatic carbocycles. The predicted octanol–water partition coefficient (Wildman–Crippen LogP) is 3.02. The van der Waals surface area contributed by atoms with E-state index in [0.717, 1.165) is 0 Å². The normalized spacial score (nSPS) is 13.5. The van der Waals surface area contributed by atoms with E-state index in [1.54, 1.807) is 6.07 Å². The fraction of sp³-hybridized carbons (Fsp3) is 0.455. The van der Waals surface area contributed by atoms with Crippen molar-refractivity contribution in [2.45, 2.75) is 17.4 Å². The third kappa shape index (κ3) is 5.21. The van der Waals surface area contributed by atoms with Crippen LogP contribution in [-0.4, -0.2) is 34.1 Å². The highest BCUT2D eigenvalue weighted by atomic mass is 79.9. The van der Waals surface area contributed by atoms with Gasteiger partial charge in [-0.25, -0.2) is 13.1 Å². The Morgan fingerprint density at radius 2 is 2.16 bits per heavy atom. The smallest absolute Gasteiger partial charge is 0.242 e. The summed E-state index contributed by atoms with van der Waals surface area (Å²) in [5, 5.41) is 0.156. The molecule has 1 unspecified atom stereocenters. The third-order valence-electron chi connectivity index (χ3n) is 2.33. The topological polar surface area (TPSA) is 55.4 Å². The van der Waals surface area contributed by atoms with Crippen molar-refractivity contribution < 1.29 is 13.2 Å². The van der Waals surface area contributed by atoms with Crippen LogP contribution in [0.15, 0.2) is 27.6 Å². The summed E-state index contributed by atoms with van der Waals surface area (Å²) >= 11 is 14.8. The summed E-state index contributed by atoms with van der Waals surface area (Å²) in [5.41, 5.74) is 0. The van der Waals surface area contributed by atoms with Crippen LogP contribution in [0, 0.1) is 0 Å². The molecule has 0 saturated heterocycles. The Labute approximate surface area is 131 Å². The van der Waals surface area contributed by atoms with Crippen LogP contribution >= 0.6 is 39.1 Å². The number of hydrogen-bond acceptors (Lipinski definition) is 3. The lowest BCUT2D eigenvalue weighted by atomic mass is 10.3. The first kappa shape index (κ1) is 17.2. The van der Waals surface area contributed by atoms with Crippen molar-refractivity contribution in [1.82, 2.24) is 4.72 Å². The van der Waals surface area contributed by atoms with Gasteiger partial charge in [-0.15, -0.1) is 11.6 Å². The summed E-state index contributed by atoms with van der Waals surface area (Å²) in [7, 11) is -2.19. The van der Waals surface area contributed by atoms with Gasteiger partial charge in [0, 0.05) is 23.5 Å². The Hall–Kier alpha value is 0.150. The van der Waals surface area contributed by atoms with Gasteiger partial charge in [0.15, 0.2) is 0 Å². The summed E-state index contributed by atoms with van der Waals surface area (Å²) in [6.07, 6.45) is 0.475. The van der Waals surface area contributed by atoms with Gasteiger partial charge in [-0.2, -0.15) is 0 Å². The predicted molar refractivity (Wildman–Crippen MR) is 80.5 cm³/mol. The molecule has 19 heavy (non-hydrogen) atoms. The molecular formula is C11H14BrCl2NO3S. The first-order valence-electron chi connectivity index (χ1n) is 5.43. The molecule has 0 fully saturated rings. The molecule has 1 atom stereocenters. The molecule has 0 aliphatic carbocycles. The van der Waals surface area contributed by atoms with E-state index in [0.29, 0.717) is 16.8 Å². The van der Waals surface area contributed by atoms with Crippen LogP contribution in [-0.2, 0) is 14.8 Å². The summed E-state index contributed by atoms with van der Waals surface area (Å²) in [5.74, 6) is 0.338. The van der Waals surface area contributed by atoms with Crippen molar-refractivity contribution in [3.05, 3.63) is 27.7 Å². The molecule has 0 bridgehead atoms. The van der Waals surface area contributed by atoms with E-state index in [4.69, 9.17) is 27.9 Å². The molecule has 108 valence electrons. The molecule has 0 aliphatic rings. The highest BCUT2D eigenvalue weighted by Gasteiger charge is 2.22. The SMILES string of the molecule is COCC(CCCl)NS(=O)(=O)c1ccc(Br)cc1Cl. The standard InChI is InChI=1S/C11H14BrCl2NO3S/c1-18-7-9(4-5-13)15-19(16,17)11-3-2-8(12)6-10(11)14/h2-3,6,9,15H,4-5,7H2,1H3. The van der Waals surface area contributed by atoms with Crippen LogP contribution in [0.2, 0.25) is 5.02 Å². The van der Waals surface area contributed by atoms with E-state index in [-0.39, 0.29) is 22.6 Å². The maximum atomic E-state index is 12.2. The molecule has 0 spiro atoms. The molecule has 0 aromatic heterocycles. The largest absolute Gasteiger partial charge is 0.383 e. The van der Waals surface area contributed by atoms with Gasteiger partial charge in [0.25, 0.3) is 0 Å². The summed E-state index contributed by atoms with van der Waals surface area (Å²) in [6.45, 7) is 0.250. The van der Waals surface area contributed by atoms with Gasteiger partial charge < -0.3 is 4.74 Å². The van der Waals surface area contributed by atoms with E-state index in [9.17, 15) is 8.42 Å². The van der Waals surface area contributed by atoms with E-state index in [2.05, 4.69) is 20.7 Å². The number of rotatable bonds is 7. The zero-order valence-electron chi connectivity index (χ0n) is 10.2. The minimum atomic E-state index is -3.69. The van der Waals surface area contributed by atoms with Crippen LogP contribution in [0.4, 0.5) is 0 Å². The van der Waals surface area contributed by atoms with Crippen molar-refractivity contribution in [2.75, 3.05) is 19.6 Å². The Morgan fingerprint density at radius 3 is 2.68 bits per heavy atom. The Balaban J connectivity index is 2.96. The highest BCUT2D eigenvalue weighted by molar-refractivity contribution is 9.10. The van der Waals surface area contributed by atoms with Crippen LogP contribution in [0.5, 0.6) is 0 Å². The number of sulfonamides is 1. The average Bonchev–Trinajstić information content (AvgIpc) is 2.28. The molecule has 4 nitrogen and oxygen atoms in total. The average molecular weight is 391 g/mol. The maximum Gasteiger partial charge on any atom is 0.242 e. The van der Waals surface area contributed by atoms with Gasteiger partial charge in [-0.1, -0.05) is 27.5 Å². The first-order valence-corrected chi connectivity index (χ1v) is 8.62. The molecule has 1 rings (SSSR count). The number of halogens is 3. The maximum absolute atomic E-state index is 12.2. The van der Waals surface area contributed by atoms with Crippen molar-refractivity contribution in [3.8, 4) is 0 Å². The molecule has 1 aromatic rings. The fourth-order valence-electron chi connectivity index (χ4n) is 1.49. The molecule has 0 heterocycles. The van der Waals surface area contributed by atoms with Gasteiger partial charge in [-0.3, -0.25) is 0 Å². The minimum absolute atomic E-state index is 0.0352. The molecule has 0 saturated carbocycles. The van der Waals surface area contributed by atoms with Gasteiger partial charge in [0.2, 0.25) is 10.0 Å². The second-order valence-electron chi connectivity index (χ2n) is 3.83. The highest BCUT2D eigenvalue weighted by Crippen LogP contribution is 2.25. The number of nitrogens with one attached hydrogen (secondary N) is 1. The quantitative estimate of drug-likeness (QED) is 0.728. The van der Waals surface area contributed by atoms with E-state index in [1.165, 1.54) is 19.2 Å². The van der Waals surface area contributed by atoms with Crippen molar-refractivity contribution in [2.24, 2.45) is 0 Å². The van der Waals surface area contributed by atoms with Crippen molar-refractivity contribution >= 4 is 49.2 Å². The lowest BCUT2D eigenvalue weighted by Gasteiger charge is -2.17. The van der Waals surface area contributed by atoms with Gasteiger partial charge in [-0.05, 0) is 24.6 Å². The summed E-state index contributed by atoms with van der Waals surface area (Å²) in [4.78, 5) is 0.0352. The van der Waals surface area contributed by atoms with Crippen LogP contribution in [0.3, 0.4) is 0 Å². The molecule has 1 N–H and O–H groups in total. The molecule has 8 heteroatoms. The van der Waals surface area contributed by atoms with Crippen LogP contribution in [0.25, 0.3) is 0 Å². The molecule has 0 aliphatic heterocycles. The lowest BCUT2D eigenvalue weighted by molar-refractivity contribution is 0.173. The zero-order chi connectivity index (χ0) is 14.5. The number of alkyl halides is 1. The van der Waals surface area contributed by atoms with Gasteiger partial charge in [0.05, 0.1) is 11.6 Å². The molecule has 0 amide bonds. The zero-order valence-corrected chi connectivity index (χ0v) is 14.1. The van der Waals surface area contributed by atoms with Crippen LogP contribution < -0.4 is 4.72 Å². The monoisotopic (exact) mass is 389 g/mol. The summed E-state index contributed by atoms with van der Waals surface area (Å²) in [6, 6.07) is 4.21. The lowest BCUT2D eigenvalue weighted by Crippen LogP contribution is -2.38. The molecule has 0 radical (unpaired) electrons. The molecular weight excluding hydrogens is 377 g/mol. The van der Waals surface area contributed by atoms with Gasteiger partial charge >= 0.3 is 0 Å². The van der Waals surface area contributed by atoms with E-state index >= 15 is 0 Å². The van der Waals surface area contributed by atoms with Crippen molar-refractivity contribution in [3.63, 3.8) is 0 Å².